The third kappa shape index (κ3) is 5.90. The largest absolute Gasteiger partial charge is 0.389 e. The summed E-state index contributed by atoms with van der Waals surface area (Å²) < 4.78 is 1.93. The van der Waals surface area contributed by atoms with E-state index >= 15 is 0 Å². The molecule has 0 amide bonds. The normalized spacial score (nSPS) is 14.5. The number of pyridine rings is 1. The number of nitriles is 1. The summed E-state index contributed by atoms with van der Waals surface area (Å²) in [5.74, 6) is 1.90. The molecule has 0 radical (unpaired) electrons. The Bertz CT molecular complexity index is 1430. The summed E-state index contributed by atoms with van der Waals surface area (Å²) in [6, 6.07) is 11.8. The molecule has 11 heteroatoms. The molecule has 1 aliphatic rings. The second-order valence-electron chi connectivity index (χ2n) is 9.83. The van der Waals surface area contributed by atoms with E-state index < -0.39 is 5.60 Å². The maximum Gasteiger partial charge on any atom is 0.229 e. The van der Waals surface area contributed by atoms with Crippen LogP contribution in [0.4, 0.5) is 23.3 Å². The van der Waals surface area contributed by atoms with Gasteiger partial charge in [-0.1, -0.05) is 11.6 Å². The van der Waals surface area contributed by atoms with Crippen LogP contribution in [-0.2, 0) is 6.54 Å². The first-order valence-electron chi connectivity index (χ1n) is 12.1. The fraction of sp³-hybridized carbons (Fsp3) is 0.346. The van der Waals surface area contributed by atoms with Crippen molar-refractivity contribution in [2.45, 2.75) is 44.9 Å². The zero-order valence-corrected chi connectivity index (χ0v) is 21.4. The van der Waals surface area contributed by atoms with Crippen molar-refractivity contribution >= 4 is 45.9 Å². The summed E-state index contributed by atoms with van der Waals surface area (Å²) in [4.78, 5) is 20.0. The van der Waals surface area contributed by atoms with Gasteiger partial charge in [-0.15, -0.1) is 0 Å². The summed E-state index contributed by atoms with van der Waals surface area (Å²) >= 11 is 6.41. The molecule has 0 aliphatic carbocycles. The first-order valence-corrected chi connectivity index (χ1v) is 12.5. The van der Waals surface area contributed by atoms with Crippen molar-refractivity contribution < 1.29 is 5.11 Å². The van der Waals surface area contributed by atoms with E-state index in [1.54, 1.807) is 38.6 Å². The molecule has 3 aromatic heterocycles. The number of nitrogens with zero attached hydrogens (tertiary/aromatic N) is 7. The molecule has 10 nitrogen and oxygen atoms in total. The van der Waals surface area contributed by atoms with Crippen LogP contribution in [0.5, 0.6) is 0 Å². The first-order chi connectivity index (χ1) is 17.8. The predicted octanol–water partition coefficient (Wildman–Crippen LogP) is 4.34. The molecule has 5 rings (SSSR count). The Labute approximate surface area is 220 Å². The summed E-state index contributed by atoms with van der Waals surface area (Å²) in [6.45, 7) is 5.67. The fourth-order valence-electron chi connectivity index (χ4n) is 4.43. The summed E-state index contributed by atoms with van der Waals surface area (Å²) in [5, 5.41) is 26.3. The zero-order chi connectivity index (χ0) is 26.0. The molecule has 0 spiro atoms. The van der Waals surface area contributed by atoms with E-state index in [2.05, 4.69) is 41.5 Å². The van der Waals surface area contributed by atoms with Gasteiger partial charge >= 0.3 is 0 Å². The third-order valence-electron chi connectivity index (χ3n) is 6.22. The molecule has 0 bridgehead atoms. The van der Waals surface area contributed by atoms with E-state index in [1.807, 2.05) is 28.8 Å². The van der Waals surface area contributed by atoms with E-state index in [0.717, 1.165) is 48.5 Å². The lowest BCUT2D eigenvalue weighted by Crippen LogP contribution is -2.39. The molecule has 3 N–H and O–H groups in total. The Hall–Kier alpha value is -3.94. The molecule has 0 saturated carbocycles. The van der Waals surface area contributed by atoms with Crippen LogP contribution in [0, 0.1) is 11.3 Å². The molecule has 1 fully saturated rings. The van der Waals surface area contributed by atoms with Gasteiger partial charge < -0.3 is 25.2 Å². The second kappa shape index (κ2) is 10.2. The van der Waals surface area contributed by atoms with E-state index in [-0.39, 0.29) is 6.04 Å². The minimum absolute atomic E-state index is 0.214. The molecule has 1 saturated heterocycles. The first kappa shape index (κ1) is 24.7. The highest BCUT2D eigenvalue weighted by atomic mass is 35.5. The van der Waals surface area contributed by atoms with E-state index in [0.29, 0.717) is 28.9 Å². The highest BCUT2D eigenvalue weighted by Gasteiger charge is 2.22. The molecule has 0 atom stereocenters. The van der Waals surface area contributed by atoms with Crippen molar-refractivity contribution in [2.24, 2.45) is 0 Å². The number of hydrogen-bond acceptors (Lipinski definition) is 9. The molecule has 1 aliphatic heterocycles. The average molecular weight is 518 g/mol. The lowest BCUT2D eigenvalue weighted by atomic mass is 10.0. The molecule has 0 unspecified atom stereocenters. The SMILES string of the molecule is CC(C)(O)Cn1cnc2cc(Nc3ncc(Cl)c(NC4CCN(c5ccc(C#N)cn5)CC4)n3)ccc21. The molecule has 1 aromatic carbocycles. The van der Waals surface area contributed by atoms with E-state index in [1.165, 1.54) is 0 Å². The number of piperidine rings is 1. The highest BCUT2D eigenvalue weighted by molar-refractivity contribution is 6.32. The van der Waals surface area contributed by atoms with Gasteiger partial charge in [-0.05, 0) is 57.0 Å². The van der Waals surface area contributed by atoms with Gasteiger partial charge in [0.05, 0.1) is 41.3 Å². The molecule has 37 heavy (non-hydrogen) atoms. The predicted molar refractivity (Wildman–Crippen MR) is 144 cm³/mol. The van der Waals surface area contributed by atoms with Crippen molar-refractivity contribution in [3.8, 4) is 6.07 Å². The van der Waals surface area contributed by atoms with Gasteiger partial charge in [0, 0.05) is 31.0 Å². The standard InChI is InChI=1S/C26H28ClN9O/c1-26(2,37)15-36-16-31-21-11-19(4-5-22(21)36)33-25-30-14-20(27)24(34-25)32-18-7-9-35(10-8-18)23-6-3-17(12-28)13-29-23/h3-6,11,13-14,16,18,37H,7-10,15H2,1-2H3,(H2,30,32,33,34). The van der Waals surface area contributed by atoms with Crippen molar-refractivity contribution in [1.82, 2.24) is 24.5 Å². The third-order valence-corrected chi connectivity index (χ3v) is 6.49. The van der Waals surface area contributed by atoms with Crippen LogP contribution >= 0.6 is 11.6 Å². The van der Waals surface area contributed by atoms with Crippen molar-refractivity contribution in [3.63, 3.8) is 0 Å². The Morgan fingerprint density at radius 1 is 1.14 bits per heavy atom. The minimum atomic E-state index is -0.831. The summed E-state index contributed by atoms with van der Waals surface area (Å²) in [6.07, 6.45) is 6.72. The van der Waals surface area contributed by atoms with Crippen molar-refractivity contribution in [1.29, 1.82) is 5.26 Å². The van der Waals surface area contributed by atoms with Gasteiger partial charge in [0.25, 0.3) is 0 Å². The quantitative estimate of drug-likeness (QED) is 0.328. The van der Waals surface area contributed by atoms with Gasteiger partial charge in [0.15, 0.2) is 5.82 Å². The van der Waals surface area contributed by atoms with Gasteiger partial charge in [0.2, 0.25) is 5.95 Å². The summed E-state index contributed by atoms with van der Waals surface area (Å²) in [7, 11) is 0. The number of aliphatic hydroxyl groups is 1. The van der Waals surface area contributed by atoms with Crippen LogP contribution in [0.2, 0.25) is 5.02 Å². The van der Waals surface area contributed by atoms with E-state index in [9.17, 15) is 5.11 Å². The van der Waals surface area contributed by atoms with Crippen LogP contribution in [0.1, 0.15) is 32.3 Å². The molecule has 190 valence electrons. The molecular weight excluding hydrogens is 490 g/mol. The average Bonchev–Trinajstić information content (AvgIpc) is 3.27. The Morgan fingerprint density at radius 3 is 2.65 bits per heavy atom. The number of fused-ring (bicyclic) bond motifs is 1. The number of anilines is 4. The van der Waals surface area contributed by atoms with Crippen LogP contribution in [0.25, 0.3) is 11.0 Å². The smallest absolute Gasteiger partial charge is 0.229 e. The Kier molecular flexibility index (Phi) is 6.82. The van der Waals surface area contributed by atoms with Gasteiger partial charge in [-0.3, -0.25) is 0 Å². The fourth-order valence-corrected chi connectivity index (χ4v) is 4.57. The van der Waals surface area contributed by atoms with Crippen molar-refractivity contribution in [3.05, 3.63) is 59.6 Å². The van der Waals surface area contributed by atoms with Gasteiger partial charge in [-0.25, -0.2) is 15.0 Å². The number of imidazole rings is 1. The van der Waals surface area contributed by atoms with Crippen LogP contribution in [0.3, 0.4) is 0 Å². The number of aromatic nitrogens is 5. The monoisotopic (exact) mass is 517 g/mol. The lowest BCUT2D eigenvalue weighted by Gasteiger charge is -2.33. The van der Waals surface area contributed by atoms with Crippen LogP contribution in [-0.4, -0.2) is 54.3 Å². The molecule has 4 aromatic rings. The Morgan fingerprint density at radius 2 is 1.95 bits per heavy atom. The van der Waals surface area contributed by atoms with Crippen LogP contribution in [0.15, 0.2) is 49.1 Å². The van der Waals surface area contributed by atoms with Crippen LogP contribution < -0.4 is 15.5 Å². The maximum absolute atomic E-state index is 10.1. The minimum Gasteiger partial charge on any atom is -0.389 e. The van der Waals surface area contributed by atoms with Crippen molar-refractivity contribution in [2.75, 3.05) is 28.6 Å². The summed E-state index contributed by atoms with van der Waals surface area (Å²) in [5.41, 5.74) is 2.28. The number of benzene rings is 1. The topological polar surface area (TPSA) is 128 Å². The molecule has 4 heterocycles. The van der Waals surface area contributed by atoms with Gasteiger partial charge in [0.1, 0.15) is 16.9 Å². The van der Waals surface area contributed by atoms with Gasteiger partial charge in [-0.2, -0.15) is 10.2 Å². The second-order valence-corrected chi connectivity index (χ2v) is 10.2. The zero-order valence-electron chi connectivity index (χ0n) is 20.7. The number of nitrogens with one attached hydrogen (secondary N) is 2. The number of hydrogen-bond donors (Lipinski definition) is 3. The number of halogens is 1. The number of rotatable bonds is 7. The Balaban J connectivity index is 1.23. The lowest BCUT2D eigenvalue weighted by molar-refractivity contribution is 0.0626. The maximum atomic E-state index is 10.1. The highest BCUT2D eigenvalue weighted by Crippen LogP contribution is 2.27. The molecular formula is C26H28ClN9O. The van der Waals surface area contributed by atoms with E-state index in [4.69, 9.17) is 16.9 Å².